The molecule has 35 heavy (non-hydrogen) atoms. The van der Waals surface area contributed by atoms with Crippen molar-refractivity contribution in [3.8, 4) is 5.69 Å². The molecule has 0 saturated heterocycles. The van der Waals surface area contributed by atoms with Crippen molar-refractivity contribution in [2.24, 2.45) is 0 Å². The van der Waals surface area contributed by atoms with Crippen LogP contribution in [0.5, 0.6) is 0 Å². The molecule has 0 aliphatic heterocycles. The zero-order valence-electron chi connectivity index (χ0n) is 19.1. The molecule has 0 fully saturated rings. The van der Waals surface area contributed by atoms with Gasteiger partial charge in [0.2, 0.25) is 0 Å². The zero-order chi connectivity index (χ0) is 24.4. The second-order valence-corrected chi connectivity index (χ2v) is 7.87. The molecule has 0 radical (unpaired) electrons. The summed E-state index contributed by atoms with van der Waals surface area (Å²) < 4.78 is 21.9. The quantitative estimate of drug-likeness (QED) is 0.295. The number of hydrogen-bond acceptors (Lipinski definition) is 7. The molecule has 2 aromatic carbocycles. The maximum Gasteiger partial charge on any atom is 0.256 e. The number of nitrogens with one attached hydrogen (secondary N) is 3. The number of rotatable bonds is 8. The predicted molar refractivity (Wildman–Crippen MR) is 129 cm³/mol. The highest BCUT2D eigenvalue weighted by atomic mass is 19.1. The van der Waals surface area contributed by atoms with Crippen LogP contribution in [-0.2, 0) is 4.74 Å². The van der Waals surface area contributed by atoms with Crippen LogP contribution in [0.1, 0.15) is 29.1 Å². The summed E-state index contributed by atoms with van der Waals surface area (Å²) in [4.78, 5) is 33.5. The van der Waals surface area contributed by atoms with Crippen molar-refractivity contribution in [3.63, 3.8) is 0 Å². The van der Waals surface area contributed by atoms with E-state index in [1.165, 1.54) is 19.5 Å². The molecule has 5 rings (SSSR count). The van der Waals surface area contributed by atoms with Gasteiger partial charge in [-0.3, -0.25) is 9.36 Å². The van der Waals surface area contributed by atoms with Crippen LogP contribution in [0.3, 0.4) is 0 Å². The third-order valence-corrected chi connectivity index (χ3v) is 5.59. The fraction of sp³-hybridized carbons (Fsp3) is 0.208. The molecule has 3 aromatic heterocycles. The van der Waals surface area contributed by atoms with Gasteiger partial charge in [-0.05, 0) is 31.2 Å². The van der Waals surface area contributed by atoms with Gasteiger partial charge in [0.15, 0.2) is 11.5 Å². The van der Waals surface area contributed by atoms with E-state index in [-0.39, 0.29) is 18.2 Å². The maximum absolute atomic E-state index is 15.1. The summed E-state index contributed by atoms with van der Waals surface area (Å²) >= 11 is 0. The van der Waals surface area contributed by atoms with E-state index in [1.807, 2.05) is 37.3 Å². The van der Waals surface area contributed by atoms with Gasteiger partial charge in [-0.2, -0.15) is 0 Å². The average molecular weight is 475 g/mol. The molecule has 0 bridgehead atoms. The van der Waals surface area contributed by atoms with Crippen molar-refractivity contribution in [2.75, 3.05) is 25.6 Å². The third-order valence-electron chi connectivity index (χ3n) is 5.59. The first kappa shape index (κ1) is 22.4. The summed E-state index contributed by atoms with van der Waals surface area (Å²) in [5, 5.41) is 6.07. The maximum atomic E-state index is 15.1. The van der Waals surface area contributed by atoms with E-state index in [0.717, 1.165) is 5.69 Å². The largest absolute Gasteiger partial charge is 0.383 e. The van der Waals surface area contributed by atoms with Gasteiger partial charge in [0.05, 0.1) is 30.0 Å². The van der Waals surface area contributed by atoms with Crippen molar-refractivity contribution < 1.29 is 13.9 Å². The molecule has 3 heterocycles. The summed E-state index contributed by atoms with van der Waals surface area (Å²) in [7, 11) is 1.54. The normalized spacial score (nSPS) is 12.2. The number of aromatic nitrogens is 6. The number of anilines is 1. The van der Waals surface area contributed by atoms with Gasteiger partial charge < -0.3 is 20.4 Å². The van der Waals surface area contributed by atoms with E-state index in [4.69, 9.17) is 9.72 Å². The minimum atomic E-state index is -0.633. The highest BCUT2D eigenvalue weighted by molar-refractivity contribution is 6.06. The van der Waals surface area contributed by atoms with E-state index in [2.05, 4.69) is 30.6 Å². The molecule has 0 spiro atoms. The van der Waals surface area contributed by atoms with E-state index in [0.29, 0.717) is 40.4 Å². The smallest absolute Gasteiger partial charge is 0.256 e. The Morgan fingerprint density at radius 3 is 2.80 bits per heavy atom. The third kappa shape index (κ3) is 4.17. The van der Waals surface area contributed by atoms with Gasteiger partial charge in [0.25, 0.3) is 5.91 Å². The van der Waals surface area contributed by atoms with Crippen molar-refractivity contribution in [1.29, 1.82) is 0 Å². The highest BCUT2D eigenvalue weighted by Crippen LogP contribution is 2.31. The first-order valence-electron chi connectivity index (χ1n) is 11.0. The molecule has 0 unspecified atom stereocenters. The number of para-hydroxylation sites is 1. The topological polar surface area (TPSA) is 123 Å². The summed E-state index contributed by atoms with van der Waals surface area (Å²) in [6.45, 7) is 2.48. The fourth-order valence-corrected chi connectivity index (χ4v) is 4.00. The Labute approximate surface area is 199 Å². The molecular weight excluding hydrogens is 451 g/mol. The van der Waals surface area contributed by atoms with Crippen LogP contribution in [0.2, 0.25) is 0 Å². The average Bonchev–Trinajstić information content (AvgIpc) is 3.50. The van der Waals surface area contributed by atoms with Gasteiger partial charge in [-0.25, -0.2) is 24.3 Å². The van der Waals surface area contributed by atoms with Gasteiger partial charge >= 0.3 is 0 Å². The lowest BCUT2D eigenvalue weighted by Gasteiger charge is -2.18. The molecule has 0 saturated carbocycles. The van der Waals surface area contributed by atoms with Gasteiger partial charge in [-0.15, -0.1) is 0 Å². The summed E-state index contributed by atoms with van der Waals surface area (Å²) in [6, 6.07) is 11.9. The first-order chi connectivity index (χ1) is 17.1. The van der Waals surface area contributed by atoms with Crippen LogP contribution in [0.25, 0.3) is 27.9 Å². The minimum Gasteiger partial charge on any atom is -0.383 e. The second-order valence-electron chi connectivity index (χ2n) is 7.87. The number of ether oxygens (including phenoxy) is 1. The molecule has 3 N–H and O–H groups in total. The van der Waals surface area contributed by atoms with Crippen LogP contribution >= 0.6 is 0 Å². The van der Waals surface area contributed by atoms with E-state index >= 15 is 4.39 Å². The Balaban J connectivity index is 1.65. The number of H-pyrrole nitrogens is 1. The van der Waals surface area contributed by atoms with Crippen LogP contribution in [0.4, 0.5) is 10.2 Å². The van der Waals surface area contributed by atoms with Crippen molar-refractivity contribution in [3.05, 3.63) is 72.3 Å². The number of carbonyl (C=O) groups is 1. The van der Waals surface area contributed by atoms with Crippen LogP contribution in [0.15, 0.2) is 55.1 Å². The molecule has 1 amide bonds. The lowest BCUT2D eigenvalue weighted by atomic mass is 10.1. The van der Waals surface area contributed by atoms with Crippen LogP contribution < -0.4 is 10.6 Å². The Morgan fingerprint density at radius 1 is 1.17 bits per heavy atom. The van der Waals surface area contributed by atoms with Crippen LogP contribution in [-0.4, -0.2) is 55.7 Å². The van der Waals surface area contributed by atoms with E-state index < -0.39 is 11.7 Å². The molecule has 178 valence electrons. The summed E-state index contributed by atoms with van der Waals surface area (Å²) in [5.41, 5.74) is 2.72. The number of methoxy groups -OCH3 is 1. The lowest BCUT2D eigenvalue weighted by Crippen LogP contribution is -2.28. The van der Waals surface area contributed by atoms with E-state index in [1.54, 1.807) is 17.0 Å². The number of imidazole rings is 2. The Kier molecular flexibility index (Phi) is 6.06. The van der Waals surface area contributed by atoms with Crippen molar-refractivity contribution in [1.82, 2.24) is 34.8 Å². The molecule has 5 aromatic rings. The number of fused-ring (bicyclic) bond motifs is 2. The molecule has 10 nitrogen and oxygen atoms in total. The summed E-state index contributed by atoms with van der Waals surface area (Å²) in [5.74, 6) is -0.0413. The Morgan fingerprint density at radius 2 is 2.00 bits per heavy atom. The monoisotopic (exact) mass is 474 g/mol. The fourth-order valence-electron chi connectivity index (χ4n) is 4.00. The number of halogens is 1. The molecular formula is C24H23FN8O2. The summed E-state index contributed by atoms with van der Waals surface area (Å²) in [6.07, 6.45) is 2.97. The number of nitrogens with zero attached hydrogens (tertiary/aromatic N) is 5. The lowest BCUT2D eigenvalue weighted by molar-refractivity contribution is 0.0934. The highest BCUT2D eigenvalue weighted by Gasteiger charge is 2.25. The standard InChI is InChI=1S/C24H23FN8O2/c1-14(31-22-19-21(28-12-27-19)29-13-30-22)23-32-17-9-8-16(25)18(24(34)26-10-11-35-2)20(17)33(23)15-6-4-3-5-7-15/h3-9,12-14H,10-11H2,1-2H3,(H,26,34)(H2,27,28,29,30,31)/t14-/m0/s1. The SMILES string of the molecule is COCCNC(=O)c1c(F)ccc2nc([C@H](C)Nc3ncnc4nc[nH]c34)n(-c3ccccc3)c12. The number of hydrogen-bond donors (Lipinski definition) is 3. The molecule has 0 aliphatic carbocycles. The second kappa shape index (κ2) is 9.47. The van der Waals surface area contributed by atoms with Gasteiger partial charge in [-0.1, -0.05) is 18.2 Å². The minimum absolute atomic E-state index is 0.0774. The molecule has 11 heteroatoms. The number of amides is 1. The van der Waals surface area contributed by atoms with Crippen LogP contribution in [0, 0.1) is 5.82 Å². The van der Waals surface area contributed by atoms with Gasteiger partial charge in [0.1, 0.15) is 29.0 Å². The number of aromatic amines is 1. The Hall–Kier alpha value is -4.38. The molecule has 1 atom stereocenters. The van der Waals surface area contributed by atoms with Gasteiger partial charge in [0, 0.05) is 19.3 Å². The van der Waals surface area contributed by atoms with E-state index in [9.17, 15) is 4.79 Å². The van der Waals surface area contributed by atoms with Crippen molar-refractivity contribution in [2.45, 2.75) is 13.0 Å². The first-order valence-corrected chi connectivity index (χ1v) is 11.0. The predicted octanol–water partition coefficient (Wildman–Crippen LogP) is 3.38. The Bertz CT molecular complexity index is 1500. The van der Waals surface area contributed by atoms with Crippen molar-refractivity contribution >= 4 is 33.9 Å². The number of benzene rings is 2. The number of carbonyl (C=O) groups excluding carboxylic acids is 1. The molecule has 0 aliphatic rings. The zero-order valence-corrected chi connectivity index (χ0v) is 19.1.